The number of phenols is 1. The SMILES string of the molecule is CC(=O)OC(CC(=O)O)C[N+](C)(C)C(=O)NCCCCCCOC(=O)O[C@H]1CCC2C3CCc4cc(O)ccc4C3CC[C@@]21C. The molecule has 4 rings (SSSR count). The number of fused-ring (bicyclic) bond motifs is 5. The van der Waals surface area contributed by atoms with E-state index in [-0.39, 0.29) is 41.6 Å². The molecule has 1 aromatic carbocycles. The van der Waals surface area contributed by atoms with Crippen LogP contribution in [0.1, 0.15) is 95.1 Å². The highest BCUT2D eigenvalue weighted by Gasteiger charge is 2.56. The monoisotopic (exact) mass is 631 g/mol. The van der Waals surface area contributed by atoms with Crippen molar-refractivity contribution in [2.75, 3.05) is 33.8 Å². The predicted octanol–water partition coefficient (Wildman–Crippen LogP) is 5.52. The van der Waals surface area contributed by atoms with Gasteiger partial charge in [-0.15, -0.1) is 0 Å². The lowest BCUT2D eigenvalue weighted by atomic mass is 9.55. The first kappa shape index (κ1) is 34.5. The van der Waals surface area contributed by atoms with Gasteiger partial charge in [-0.1, -0.05) is 19.4 Å². The normalized spacial score (nSPS) is 26.0. The van der Waals surface area contributed by atoms with Gasteiger partial charge < -0.3 is 29.7 Å². The van der Waals surface area contributed by atoms with E-state index in [1.165, 1.54) is 18.1 Å². The van der Waals surface area contributed by atoms with Crippen molar-refractivity contribution < 1.29 is 48.1 Å². The Morgan fingerprint density at radius 1 is 1.07 bits per heavy atom. The highest BCUT2D eigenvalue weighted by molar-refractivity contribution is 5.70. The number of phenolic OH excluding ortho intramolecular Hbond substituents is 1. The van der Waals surface area contributed by atoms with Crippen LogP contribution in [0.15, 0.2) is 18.2 Å². The van der Waals surface area contributed by atoms with Crippen LogP contribution < -0.4 is 5.32 Å². The molecule has 0 aliphatic heterocycles. The van der Waals surface area contributed by atoms with Gasteiger partial charge in [0, 0.05) is 18.9 Å². The van der Waals surface area contributed by atoms with E-state index >= 15 is 0 Å². The summed E-state index contributed by atoms with van der Waals surface area (Å²) in [6.07, 6.45) is 7.26. The Bertz CT molecular complexity index is 1220. The number of likely N-dealkylation sites (N-methyl/N-ethyl adjacent to an activating group) is 1. The first-order valence-corrected chi connectivity index (χ1v) is 16.5. The van der Waals surface area contributed by atoms with Gasteiger partial charge in [-0.05, 0) is 98.8 Å². The molecule has 2 fully saturated rings. The number of hydrogen-bond acceptors (Lipinski definition) is 8. The van der Waals surface area contributed by atoms with Crippen molar-refractivity contribution in [3.63, 3.8) is 0 Å². The Labute approximate surface area is 266 Å². The zero-order chi connectivity index (χ0) is 32.8. The van der Waals surface area contributed by atoms with E-state index in [0.29, 0.717) is 36.5 Å². The smallest absolute Gasteiger partial charge is 0.508 e. The van der Waals surface area contributed by atoms with E-state index in [2.05, 4.69) is 18.3 Å². The molecule has 3 N–H and O–H groups in total. The topological polar surface area (TPSA) is 148 Å². The lowest BCUT2D eigenvalue weighted by Crippen LogP contribution is -2.55. The van der Waals surface area contributed by atoms with Gasteiger partial charge in [-0.25, -0.2) is 14.1 Å². The van der Waals surface area contributed by atoms with E-state index in [0.717, 1.165) is 57.8 Å². The third-order valence-corrected chi connectivity index (χ3v) is 10.4. The van der Waals surface area contributed by atoms with Crippen LogP contribution in [0.3, 0.4) is 0 Å². The van der Waals surface area contributed by atoms with E-state index in [4.69, 9.17) is 19.3 Å². The molecule has 11 nitrogen and oxygen atoms in total. The van der Waals surface area contributed by atoms with Gasteiger partial charge >= 0.3 is 24.1 Å². The molecular formula is C34H51N2O9+. The van der Waals surface area contributed by atoms with E-state index in [1.54, 1.807) is 14.1 Å². The van der Waals surface area contributed by atoms with Crippen LogP contribution in [0.25, 0.3) is 0 Å². The average Bonchev–Trinajstić information content (AvgIpc) is 3.28. The molecule has 4 unspecified atom stereocenters. The fraction of sp³-hybridized carbons (Fsp3) is 0.706. The molecule has 0 aromatic heterocycles. The van der Waals surface area contributed by atoms with Gasteiger partial charge in [0.25, 0.3) is 0 Å². The number of carbonyl (C=O) groups is 4. The maximum atomic E-state index is 12.7. The van der Waals surface area contributed by atoms with Gasteiger partial charge in [0.1, 0.15) is 18.4 Å². The third kappa shape index (κ3) is 8.68. The highest BCUT2D eigenvalue weighted by atomic mass is 16.7. The van der Waals surface area contributed by atoms with Gasteiger partial charge in [-0.3, -0.25) is 9.59 Å². The number of aromatic hydroxyl groups is 1. The molecule has 2 amide bonds. The van der Waals surface area contributed by atoms with Gasteiger partial charge in [-0.2, -0.15) is 0 Å². The van der Waals surface area contributed by atoms with Crippen molar-refractivity contribution in [1.82, 2.24) is 5.32 Å². The van der Waals surface area contributed by atoms with Gasteiger partial charge in [0.2, 0.25) is 0 Å². The maximum Gasteiger partial charge on any atom is 0.508 e. The number of esters is 1. The van der Waals surface area contributed by atoms with Gasteiger partial charge in [0.05, 0.1) is 27.1 Å². The Kier molecular flexibility index (Phi) is 11.4. The summed E-state index contributed by atoms with van der Waals surface area (Å²) in [5.41, 5.74) is 2.63. The highest BCUT2D eigenvalue weighted by Crippen LogP contribution is 2.61. The minimum atomic E-state index is -1.10. The predicted molar refractivity (Wildman–Crippen MR) is 166 cm³/mol. The molecular weight excluding hydrogens is 580 g/mol. The first-order chi connectivity index (χ1) is 21.3. The Hall–Kier alpha value is -3.34. The van der Waals surface area contributed by atoms with Gasteiger partial charge in [0.15, 0.2) is 6.10 Å². The Morgan fingerprint density at radius 2 is 1.82 bits per heavy atom. The number of carboxylic acid groups (broad SMARTS) is 1. The second-order valence-electron chi connectivity index (χ2n) is 14.0. The molecule has 0 spiro atoms. The van der Waals surface area contributed by atoms with Crippen LogP contribution in [0, 0.1) is 17.3 Å². The molecule has 250 valence electrons. The van der Waals surface area contributed by atoms with E-state index < -0.39 is 24.2 Å². The number of urea groups is 1. The van der Waals surface area contributed by atoms with Crippen molar-refractivity contribution in [1.29, 1.82) is 0 Å². The molecule has 2 saturated carbocycles. The number of nitrogens with one attached hydrogen (secondary N) is 1. The quantitative estimate of drug-likeness (QED) is 0.145. The van der Waals surface area contributed by atoms with Crippen molar-refractivity contribution in [2.45, 2.75) is 103 Å². The minimum absolute atomic E-state index is 0.0378. The molecule has 0 radical (unpaired) electrons. The summed E-state index contributed by atoms with van der Waals surface area (Å²) in [7, 11) is 3.28. The largest absolute Gasteiger partial charge is 0.508 e. The molecule has 0 bridgehead atoms. The minimum Gasteiger partial charge on any atom is -0.508 e. The van der Waals surface area contributed by atoms with E-state index in [9.17, 15) is 24.3 Å². The first-order valence-electron chi connectivity index (χ1n) is 16.5. The van der Waals surface area contributed by atoms with Crippen LogP contribution in [0.5, 0.6) is 5.75 Å². The number of benzene rings is 1. The number of hydrogen-bond donors (Lipinski definition) is 3. The number of unbranched alkanes of at least 4 members (excludes halogenated alkanes) is 3. The van der Waals surface area contributed by atoms with E-state index in [1.807, 2.05) is 12.1 Å². The number of quaternary nitrogens is 1. The average molecular weight is 632 g/mol. The summed E-state index contributed by atoms with van der Waals surface area (Å²) in [4.78, 5) is 47.7. The van der Waals surface area contributed by atoms with Crippen molar-refractivity contribution in [3.05, 3.63) is 29.3 Å². The number of aryl methyl sites for hydroxylation is 1. The molecule has 3 aliphatic rings. The van der Waals surface area contributed by atoms with Crippen LogP contribution in [-0.4, -0.2) is 84.8 Å². The zero-order valence-electron chi connectivity index (χ0n) is 27.2. The van der Waals surface area contributed by atoms with Crippen molar-refractivity contribution in [3.8, 4) is 5.75 Å². The van der Waals surface area contributed by atoms with Crippen LogP contribution >= 0.6 is 0 Å². The molecule has 1 aromatic rings. The van der Waals surface area contributed by atoms with Crippen molar-refractivity contribution >= 4 is 24.1 Å². The summed E-state index contributed by atoms with van der Waals surface area (Å²) in [6.45, 7) is 4.30. The number of aliphatic carboxylic acids is 1. The Morgan fingerprint density at radius 3 is 2.56 bits per heavy atom. The van der Waals surface area contributed by atoms with Crippen molar-refractivity contribution in [2.24, 2.45) is 17.3 Å². The lowest BCUT2D eigenvalue weighted by molar-refractivity contribution is -0.812. The van der Waals surface area contributed by atoms with Crippen LogP contribution in [-0.2, 0) is 30.2 Å². The fourth-order valence-electron chi connectivity index (χ4n) is 8.17. The van der Waals surface area contributed by atoms with Crippen LogP contribution in [0.2, 0.25) is 0 Å². The molecule has 11 heteroatoms. The summed E-state index contributed by atoms with van der Waals surface area (Å²) in [5, 5.41) is 21.9. The standard InChI is InChI=1S/C34H50N2O9/c1-22(37)44-25(20-31(39)40)21-36(3,4)32(41)35-17-7-5-6-8-18-43-33(42)45-30-14-13-29-28-11-9-23-19-24(38)10-12-26(23)27(28)15-16-34(29,30)2/h10,12,19,25,27-30H,5-9,11,13-18,20-21H2,1-4H3,(H2-,35,38,39,40,41)/p+1/t25?,27?,28?,29?,30-,34-/m0/s1. The maximum absolute atomic E-state index is 12.7. The number of nitrogens with zero attached hydrogens (tertiary/aromatic N) is 1. The summed E-state index contributed by atoms with van der Waals surface area (Å²) >= 11 is 0. The number of ether oxygens (including phenoxy) is 3. The number of carboxylic acids is 1. The second kappa shape index (κ2) is 14.8. The molecule has 0 saturated heterocycles. The fourth-order valence-corrected chi connectivity index (χ4v) is 8.17. The number of rotatable bonds is 13. The number of amides is 2. The lowest BCUT2D eigenvalue weighted by Gasteiger charge is -2.50. The molecule has 0 heterocycles. The van der Waals surface area contributed by atoms with Crippen LogP contribution in [0.4, 0.5) is 9.59 Å². The zero-order valence-corrected chi connectivity index (χ0v) is 27.2. The third-order valence-electron chi connectivity index (χ3n) is 10.4. The summed E-state index contributed by atoms with van der Waals surface area (Å²) < 4.78 is 16.3. The molecule has 3 aliphatic carbocycles. The molecule has 6 atom stereocenters. The second-order valence-corrected chi connectivity index (χ2v) is 14.0. The molecule has 45 heavy (non-hydrogen) atoms. The Balaban J connectivity index is 1.11. The summed E-state index contributed by atoms with van der Waals surface area (Å²) in [6, 6.07) is 5.56. The summed E-state index contributed by atoms with van der Waals surface area (Å²) in [5.74, 6) is 0.264. The number of carbonyl (C=O) groups excluding carboxylic acids is 3.